The third-order valence-electron chi connectivity index (χ3n) is 4.96. The lowest BCUT2D eigenvalue weighted by Gasteiger charge is -2.32. The van der Waals surface area contributed by atoms with Gasteiger partial charge in [0.2, 0.25) is 0 Å². The molecule has 102 valence electrons. The molecule has 1 saturated heterocycles. The predicted molar refractivity (Wildman–Crippen MR) is 72.5 cm³/mol. The molecular weight excluding hydrogens is 227 g/mol. The summed E-state index contributed by atoms with van der Waals surface area (Å²) in [6.07, 6.45) is 4.37. The normalized spacial score (nSPS) is 34.6. The molecule has 1 aliphatic heterocycles. The first-order chi connectivity index (χ1) is 8.24. The van der Waals surface area contributed by atoms with Crippen LogP contribution in [0.2, 0.25) is 5.82 Å². The van der Waals surface area contributed by atoms with Crippen molar-refractivity contribution in [2.45, 2.75) is 77.3 Å². The zero-order valence-corrected chi connectivity index (χ0v) is 12.3. The second kappa shape index (κ2) is 4.64. The quantitative estimate of drug-likeness (QED) is 0.708. The summed E-state index contributed by atoms with van der Waals surface area (Å²) < 4.78 is 12.2. The summed E-state index contributed by atoms with van der Waals surface area (Å²) in [6.45, 7) is 9.97. The summed E-state index contributed by atoms with van der Waals surface area (Å²) in [5.74, 6) is 0.639. The van der Waals surface area contributed by atoms with Gasteiger partial charge in [-0.25, -0.2) is 0 Å². The number of ketones is 1. The monoisotopic (exact) mass is 252 g/mol. The molecule has 0 radical (unpaired) electrons. The van der Waals surface area contributed by atoms with Crippen LogP contribution in [-0.2, 0) is 14.1 Å². The number of carbonyl (C=O) groups is 1. The molecule has 0 aromatic rings. The second-order valence-electron chi connectivity index (χ2n) is 6.79. The summed E-state index contributed by atoms with van der Waals surface area (Å²) in [5.41, 5.74) is -0.590. The Kier molecular flexibility index (Phi) is 3.63. The Morgan fingerprint density at radius 2 is 1.56 bits per heavy atom. The Balaban J connectivity index is 2.14. The lowest BCUT2D eigenvalue weighted by Crippen LogP contribution is -2.41. The van der Waals surface area contributed by atoms with Crippen molar-refractivity contribution in [1.29, 1.82) is 0 Å². The lowest BCUT2D eigenvalue weighted by atomic mass is 9.58. The molecule has 0 N–H and O–H groups in total. The molecule has 2 fully saturated rings. The molecule has 18 heavy (non-hydrogen) atoms. The van der Waals surface area contributed by atoms with E-state index in [-0.39, 0.29) is 35.8 Å². The molecule has 0 bridgehead atoms. The van der Waals surface area contributed by atoms with E-state index in [9.17, 15) is 4.79 Å². The van der Waals surface area contributed by atoms with Gasteiger partial charge in [0.15, 0.2) is 0 Å². The van der Waals surface area contributed by atoms with E-state index in [1.54, 1.807) is 6.92 Å². The van der Waals surface area contributed by atoms with Gasteiger partial charge < -0.3 is 9.31 Å². The van der Waals surface area contributed by atoms with Gasteiger partial charge in [-0.2, -0.15) is 0 Å². The highest BCUT2D eigenvalue weighted by atomic mass is 16.7. The van der Waals surface area contributed by atoms with Gasteiger partial charge in [-0.05, 0) is 41.0 Å². The summed E-state index contributed by atoms with van der Waals surface area (Å²) in [5, 5.41) is 0. The molecule has 0 aromatic heterocycles. The van der Waals surface area contributed by atoms with Crippen LogP contribution in [0.3, 0.4) is 0 Å². The Morgan fingerprint density at radius 3 is 2.06 bits per heavy atom. The number of carbonyl (C=O) groups excluding carboxylic acids is 1. The molecular formula is C14H25BO3. The molecule has 2 unspecified atom stereocenters. The van der Waals surface area contributed by atoms with Crippen LogP contribution in [0, 0.1) is 5.92 Å². The molecule has 0 spiro atoms. The fourth-order valence-corrected chi connectivity index (χ4v) is 3.05. The maximum atomic E-state index is 11.8. The maximum Gasteiger partial charge on any atom is 0.461 e. The zero-order valence-electron chi connectivity index (χ0n) is 12.3. The summed E-state index contributed by atoms with van der Waals surface area (Å²) >= 11 is 0. The largest absolute Gasteiger partial charge is 0.461 e. The summed E-state index contributed by atoms with van der Waals surface area (Å²) in [6, 6.07) is 0. The molecule has 3 nitrogen and oxygen atoms in total. The smallest absolute Gasteiger partial charge is 0.403 e. The number of rotatable bonds is 2. The topological polar surface area (TPSA) is 35.5 Å². The van der Waals surface area contributed by atoms with Crippen LogP contribution in [0.1, 0.15) is 60.3 Å². The fourth-order valence-electron chi connectivity index (χ4n) is 3.05. The highest BCUT2D eigenvalue weighted by Gasteiger charge is 2.55. The minimum atomic E-state index is -0.295. The standard InChI is InChI=1S/C14H25BO3/c1-10(16)11-8-6-7-9-12(11)15-17-13(2,3)14(4,5)18-15/h11-12H,6-9H2,1-5H3. The van der Waals surface area contributed by atoms with E-state index in [0.717, 1.165) is 19.3 Å². The molecule has 1 aliphatic carbocycles. The lowest BCUT2D eigenvalue weighted by molar-refractivity contribution is -0.121. The van der Waals surface area contributed by atoms with Crippen molar-refractivity contribution in [3.63, 3.8) is 0 Å². The summed E-state index contributed by atoms with van der Waals surface area (Å²) in [4.78, 5) is 11.8. The van der Waals surface area contributed by atoms with Crippen LogP contribution in [0.5, 0.6) is 0 Å². The third kappa shape index (κ3) is 2.37. The summed E-state index contributed by atoms with van der Waals surface area (Å²) in [7, 11) is -0.218. The molecule has 4 heteroatoms. The van der Waals surface area contributed by atoms with Crippen LogP contribution in [0.25, 0.3) is 0 Å². The van der Waals surface area contributed by atoms with Crippen molar-refractivity contribution < 1.29 is 14.1 Å². The van der Waals surface area contributed by atoms with E-state index < -0.39 is 0 Å². The Bertz CT molecular complexity index is 322. The van der Waals surface area contributed by atoms with Crippen LogP contribution in [0.4, 0.5) is 0 Å². The van der Waals surface area contributed by atoms with E-state index in [0.29, 0.717) is 0 Å². The van der Waals surface area contributed by atoms with Crippen LogP contribution >= 0.6 is 0 Å². The Morgan fingerprint density at radius 1 is 1.06 bits per heavy atom. The molecule has 2 rings (SSSR count). The van der Waals surface area contributed by atoms with Gasteiger partial charge in [0.25, 0.3) is 0 Å². The zero-order chi connectivity index (χ0) is 13.6. The van der Waals surface area contributed by atoms with Gasteiger partial charge in [-0.15, -0.1) is 0 Å². The average Bonchev–Trinajstić information content (AvgIpc) is 2.48. The van der Waals surface area contributed by atoms with E-state index in [2.05, 4.69) is 27.7 Å². The Labute approximate surface area is 111 Å². The molecule has 2 atom stereocenters. The highest BCUT2D eigenvalue weighted by molar-refractivity contribution is 6.48. The van der Waals surface area contributed by atoms with Gasteiger partial charge in [0.05, 0.1) is 11.2 Å². The van der Waals surface area contributed by atoms with Crippen LogP contribution < -0.4 is 0 Å². The van der Waals surface area contributed by atoms with Gasteiger partial charge in [0.1, 0.15) is 5.78 Å². The van der Waals surface area contributed by atoms with Crippen molar-refractivity contribution in [2.24, 2.45) is 5.92 Å². The van der Waals surface area contributed by atoms with Crippen molar-refractivity contribution in [3.05, 3.63) is 0 Å². The second-order valence-corrected chi connectivity index (χ2v) is 6.79. The van der Waals surface area contributed by atoms with Crippen molar-refractivity contribution >= 4 is 12.9 Å². The van der Waals surface area contributed by atoms with Crippen LogP contribution in [-0.4, -0.2) is 24.1 Å². The minimum Gasteiger partial charge on any atom is -0.403 e. The molecule has 0 amide bonds. The van der Waals surface area contributed by atoms with Crippen molar-refractivity contribution in [1.82, 2.24) is 0 Å². The molecule has 1 saturated carbocycles. The Hall–Kier alpha value is -0.345. The SMILES string of the molecule is CC(=O)C1CCCCC1B1OC(C)(C)C(C)(C)O1. The first-order valence-corrected chi connectivity index (χ1v) is 7.11. The fraction of sp³-hybridized carbons (Fsp3) is 0.929. The maximum absolute atomic E-state index is 11.8. The first kappa shape index (κ1) is 14.1. The van der Waals surface area contributed by atoms with Crippen molar-refractivity contribution in [3.8, 4) is 0 Å². The van der Waals surface area contributed by atoms with Gasteiger partial charge in [-0.1, -0.05) is 19.3 Å². The molecule has 2 aliphatic rings. The van der Waals surface area contributed by atoms with Gasteiger partial charge in [0, 0.05) is 11.7 Å². The van der Waals surface area contributed by atoms with E-state index in [1.165, 1.54) is 6.42 Å². The van der Waals surface area contributed by atoms with Gasteiger partial charge >= 0.3 is 7.12 Å². The van der Waals surface area contributed by atoms with E-state index in [1.807, 2.05) is 0 Å². The minimum absolute atomic E-state index is 0.119. The predicted octanol–water partition coefficient (Wildman–Crippen LogP) is 3.23. The van der Waals surface area contributed by atoms with Crippen molar-refractivity contribution in [2.75, 3.05) is 0 Å². The number of hydrogen-bond acceptors (Lipinski definition) is 3. The number of Topliss-reactive ketones (excluding diaryl/α,β-unsaturated/α-hetero) is 1. The van der Waals surface area contributed by atoms with Crippen LogP contribution in [0.15, 0.2) is 0 Å². The molecule has 0 aromatic carbocycles. The van der Waals surface area contributed by atoms with Gasteiger partial charge in [-0.3, -0.25) is 4.79 Å². The van der Waals surface area contributed by atoms with E-state index in [4.69, 9.17) is 9.31 Å². The van der Waals surface area contributed by atoms with E-state index >= 15 is 0 Å². The number of hydrogen-bond donors (Lipinski definition) is 0. The average molecular weight is 252 g/mol. The first-order valence-electron chi connectivity index (χ1n) is 7.11. The third-order valence-corrected chi connectivity index (χ3v) is 4.96. The molecule has 1 heterocycles. The highest BCUT2D eigenvalue weighted by Crippen LogP contribution is 2.46.